The molecule has 0 fully saturated rings. The standard InChI is InChI=1S/C18H20N2O/c1-12-14(3)21-18(20-12)11-19-13(2)16-10-6-8-15-7-4-5-9-17(15)16/h4-10,13,19H,11H2,1-3H3. The van der Waals surface area contributed by atoms with Crippen molar-refractivity contribution >= 4 is 10.8 Å². The van der Waals surface area contributed by atoms with Gasteiger partial charge in [0.15, 0.2) is 0 Å². The van der Waals surface area contributed by atoms with Gasteiger partial charge in [0.05, 0.1) is 12.2 Å². The highest BCUT2D eigenvalue weighted by molar-refractivity contribution is 5.86. The first-order chi connectivity index (χ1) is 10.1. The topological polar surface area (TPSA) is 38.1 Å². The van der Waals surface area contributed by atoms with Crippen molar-refractivity contribution in [2.45, 2.75) is 33.4 Å². The van der Waals surface area contributed by atoms with Crippen LogP contribution in [0.4, 0.5) is 0 Å². The molecular weight excluding hydrogens is 260 g/mol. The monoisotopic (exact) mass is 280 g/mol. The van der Waals surface area contributed by atoms with Crippen molar-refractivity contribution in [3.8, 4) is 0 Å². The summed E-state index contributed by atoms with van der Waals surface area (Å²) in [6.45, 7) is 6.72. The Bertz CT molecular complexity index is 736. The molecule has 0 aliphatic carbocycles. The lowest BCUT2D eigenvalue weighted by Crippen LogP contribution is -2.18. The molecule has 1 N–H and O–H groups in total. The minimum atomic E-state index is 0.239. The lowest BCUT2D eigenvalue weighted by Gasteiger charge is -2.15. The molecule has 1 heterocycles. The number of benzene rings is 2. The summed E-state index contributed by atoms with van der Waals surface area (Å²) in [5.41, 5.74) is 2.26. The third-order valence-electron chi connectivity index (χ3n) is 3.92. The summed E-state index contributed by atoms with van der Waals surface area (Å²) in [5.74, 6) is 1.64. The summed E-state index contributed by atoms with van der Waals surface area (Å²) in [4.78, 5) is 4.41. The molecular formula is C18H20N2O. The average molecular weight is 280 g/mol. The van der Waals surface area contributed by atoms with E-state index in [1.54, 1.807) is 0 Å². The van der Waals surface area contributed by atoms with Gasteiger partial charge in [0.1, 0.15) is 5.76 Å². The van der Waals surface area contributed by atoms with Gasteiger partial charge in [-0.05, 0) is 37.1 Å². The third-order valence-corrected chi connectivity index (χ3v) is 3.92. The van der Waals surface area contributed by atoms with Gasteiger partial charge < -0.3 is 9.73 Å². The van der Waals surface area contributed by atoms with Crippen LogP contribution in [0, 0.1) is 13.8 Å². The third kappa shape index (κ3) is 2.83. The van der Waals surface area contributed by atoms with Gasteiger partial charge in [-0.15, -0.1) is 0 Å². The van der Waals surface area contributed by atoms with E-state index in [2.05, 4.69) is 59.7 Å². The molecule has 0 bridgehead atoms. The number of oxazole rings is 1. The smallest absolute Gasteiger partial charge is 0.208 e. The largest absolute Gasteiger partial charge is 0.444 e. The van der Waals surface area contributed by atoms with E-state index in [0.29, 0.717) is 6.54 Å². The van der Waals surface area contributed by atoms with Crippen molar-refractivity contribution in [2.75, 3.05) is 0 Å². The first-order valence-corrected chi connectivity index (χ1v) is 7.29. The molecule has 3 heteroatoms. The lowest BCUT2D eigenvalue weighted by atomic mass is 10.00. The highest BCUT2D eigenvalue weighted by Crippen LogP contribution is 2.24. The molecule has 0 aliphatic rings. The van der Waals surface area contributed by atoms with E-state index >= 15 is 0 Å². The number of nitrogens with one attached hydrogen (secondary N) is 1. The SMILES string of the molecule is Cc1nc(CNC(C)c2cccc3ccccc23)oc1C. The van der Waals surface area contributed by atoms with Gasteiger partial charge in [0.25, 0.3) is 0 Å². The average Bonchev–Trinajstić information content (AvgIpc) is 2.83. The molecule has 0 radical (unpaired) electrons. The minimum absolute atomic E-state index is 0.239. The summed E-state index contributed by atoms with van der Waals surface area (Å²) < 4.78 is 5.61. The number of fused-ring (bicyclic) bond motifs is 1. The second-order valence-electron chi connectivity index (χ2n) is 5.42. The number of nitrogens with zero attached hydrogens (tertiary/aromatic N) is 1. The van der Waals surface area contributed by atoms with Crippen LogP contribution in [0.25, 0.3) is 10.8 Å². The molecule has 21 heavy (non-hydrogen) atoms. The fraction of sp³-hybridized carbons (Fsp3) is 0.278. The molecule has 1 aromatic heterocycles. The van der Waals surface area contributed by atoms with E-state index in [-0.39, 0.29) is 6.04 Å². The quantitative estimate of drug-likeness (QED) is 0.774. The molecule has 1 unspecified atom stereocenters. The molecule has 0 saturated carbocycles. The number of aryl methyl sites for hydroxylation is 2. The summed E-state index contributed by atoms with van der Waals surface area (Å²) in [5, 5.41) is 6.05. The molecule has 0 saturated heterocycles. The Labute approximate surface area is 125 Å². The van der Waals surface area contributed by atoms with Gasteiger partial charge in [-0.25, -0.2) is 4.98 Å². The fourth-order valence-electron chi connectivity index (χ4n) is 2.59. The molecule has 108 valence electrons. The maximum atomic E-state index is 5.61. The van der Waals surface area contributed by atoms with Crippen molar-refractivity contribution in [3.63, 3.8) is 0 Å². The van der Waals surface area contributed by atoms with Gasteiger partial charge in [0.2, 0.25) is 5.89 Å². The molecule has 1 atom stereocenters. The van der Waals surface area contributed by atoms with Crippen LogP contribution in [0.2, 0.25) is 0 Å². The maximum Gasteiger partial charge on any atom is 0.208 e. The number of hydrogen-bond acceptors (Lipinski definition) is 3. The van der Waals surface area contributed by atoms with Crippen molar-refractivity contribution in [3.05, 3.63) is 65.4 Å². The van der Waals surface area contributed by atoms with E-state index in [0.717, 1.165) is 17.3 Å². The van der Waals surface area contributed by atoms with Crippen LogP contribution in [0.3, 0.4) is 0 Å². The van der Waals surface area contributed by atoms with Crippen LogP contribution in [0.5, 0.6) is 0 Å². The van der Waals surface area contributed by atoms with E-state index in [1.165, 1.54) is 16.3 Å². The zero-order chi connectivity index (χ0) is 14.8. The zero-order valence-electron chi connectivity index (χ0n) is 12.7. The molecule has 3 nitrogen and oxygen atoms in total. The predicted molar refractivity (Wildman–Crippen MR) is 85.2 cm³/mol. The molecule has 0 spiro atoms. The van der Waals surface area contributed by atoms with E-state index in [9.17, 15) is 0 Å². The molecule has 3 rings (SSSR count). The molecule has 0 amide bonds. The van der Waals surface area contributed by atoms with Crippen molar-refractivity contribution in [1.82, 2.24) is 10.3 Å². The van der Waals surface area contributed by atoms with Crippen molar-refractivity contribution < 1.29 is 4.42 Å². The van der Waals surface area contributed by atoms with Crippen LogP contribution in [0.15, 0.2) is 46.9 Å². The fourth-order valence-corrected chi connectivity index (χ4v) is 2.59. The predicted octanol–water partition coefficient (Wildman–Crippen LogP) is 4.30. The molecule has 3 aromatic rings. The van der Waals surface area contributed by atoms with Crippen molar-refractivity contribution in [2.24, 2.45) is 0 Å². The zero-order valence-corrected chi connectivity index (χ0v) is 12.7. The first-order valence-electron chi connectivity index (χ1n) is 7.29. The van der Waals surface area contributed by atoms with E-state index in [1.807, 2.05) is 13.8 Å². The maximum absolute atomic E-state index is 5.61. The van der Waals surface area contributed by atoms with Gasteiger partial charge in [0, 0.05) is 6.04 Å². The van der Waals surface area contributed by atoms with E-state index < -0.39 is 0 Å². The Morgan fingerprint density at radius 1 is 1.10 bits per heavy atom. The van der Waals surface area contributed by atoms with Crippen LogP contribution in [-0.4, -0.2) is 4.98 Å². The first kappa shape index (κ1) is 13.8. The van der Waals surface area contributed by atoms with Crippen LogP contribution < -0.4 is 5.32 Å². The lowest BCUT2D eigenvalue weighted by molar-refractivity contribution is 0.432. The van der Waals surface area contributed by atoms with E-state index in [4.69, 9.17) is 4.42 Å². The summed E-state index contributed by atoms with van der Waals surface area (Å²) in [6, 6.07) is 15.1. The molecule has 0 aliphatic heterocycles. The second kappa shape index (κ2) is 5.70. The Morgan fingerprint density at radius 2 is 1.86 bits per heavy atom. The van der Waals surface area contributed by atoms with Gasteiger partial charge >= 0.3 is 0 Å². The summed E-state index contributed by atoms with van der Waals surface area (Å²) in [7, 11) is 0. The highest BCUT2D eigenvalue weighted by Gasteiger charge is 2.11. The van der Waals surface area contributed by atoms with Gasteiger partial charge in [-0.3, -0.25) is 0 Å². The highest BCUT2D eigenvalue weighted by atomic mass is 16.4. The Kier molecular flexibility index (Phi) is 3.76. The normalized spacial score (nSPS) is 12.7. The number of aromatic nitrogens is 1. The second-order valence-corrected chi connectivity index (χ2v) is 5.42. The van der Waals surface area contributed by atoms with Gasteiger partial charge in [-0.2, -0.15) is 0 Å². The minimum Gasteiger partial charge on any atom is -0.444 e. The number of rotatable bonds is 4. The van der Waals surface area contributed by atoms with Gasteiger partial charge in [-0.1, -0.05) is 42.5 Å². The Balaban J connectivity index is 1.79. The summed E-state index contributed by atoms with van der Waals surface area (Å²) in [6.07, 6.45) is 0. The molecule has 2 aromatic carbocycles. The van der Waals surface area contributed by atoms with Crippen LogP contribution in [-0.2, 0) is 6.54 Å². The summed E-state index contributed by atoms with van der Waals surface area (Å²) >= 11 is 0. The van der Waals surface area contributed by atoms with Crippen molar-refractivity contribution in [1.29, 1.82) is 0 Å². The van der Waals surface area contributed by atoms with Crippen LogP contribution >= 0.6 is 0 Å². The number of hydrogen-bond donors (Lipinski definition) is 1. The Hall–Kier alpha value is -2.13. The Morgan fingerprint density at radius 3 is 2.62 bits per heavy atom. The van der Waals surface area contributed by atoms with Crippen LogP contribution in [0.1, 0.15) is 35.9 Å².